The highest BCUT2D eigenvalue weighted by Gasteiger charge is 2.15. The van der Waals surface area contributed by atoms with Gasteiger partial charge in [-0.25, -0.2) is 0 Å². The first-order chi connectivity index (χ1) is 10.1. The second-order valence-electron chi connectivity index (χ2n) is 4.72. The highest BCUT2D eigenvalue weighted by atomic mass is 79.9. The maximum atomic E-state index is 6.13. The molecule has 0 saturated heterocycles. The quantitative estimate of drug-likeness (QED) is 0.361. The van der Waals surface area contributed by atoms with E-state index in [-0.39, 0.29) is 4.83 Å². The Morgan fingerprint density at radius 3 is 2.24 bits per heavy atom. The van der Waals surface area contributed by atoms with Crippen molar-refractivity contribution in [2.24, 2.45) is 0 Å². The van der Waals surface area contributed by atoms with E-state index < -0.39 is 0 Å². The van der Waals surface area contributed by atoms with Gasteiger partial charge in [-0.15, -0.1) is 0 Å². The van der Waals surface area contributed by atoms with Gasteiger partial charge in [-0.3, -0.25) is 0 Å². The molecular formula is C17H10Br2Cl2. The van der Waals surface area contributed by atoms with Crippen molar-refractivity contribution in [1.29, 1.82) is 0 Å². The predicted octanol–water partition coefficient (Wildman–Crippen LogP) is 7.39. The molecule has 3 aromatic carbocycles. The van der Waals surface area contributed by atoms with Gasteiger partial charge in [0.1, 0.15) is 0 Å². The van der Waals surface area contributed by atoms with E-state index in [1.54, 1.807) is 0 Å². The number of rotatable bonds is 2. The van der Waals surface area contributed by atoms with Crippen LogP contribution in [-0.4, -0.2) is 0 Å². The van der Waals surface area contributed by atoms with E-state index in [9.17, 15) is 0 Å². The minimum absolute atomic E-state index is 0.0604. The van der Waals surface area contributed by atoms with Gasteiger partial charge >= 0.3 is 0 Å². The normalized spacial score (nSPS) is 12.6. The maximum absolute atomic E-state index is 6.13. The first kappa shape index (κ1) is 15.4. The summed E-state index contributed by atoms with van der Waals surface area (Å²) < 4.78 is 1.09. The number of benzene rings is 3. The van der Waals surface area contributed by atoms with Crippen molar-refractivity contribution in [3.05, 3.63) is 80.2 Å². The van der Waals surface area contributed by atoms with Gasteiger partial charge in [-0.1, -0.05) is 91.5 Å². The molecule has 3 aromatic rings. The Bertz CT molecular complexity index is 815. The molecule has 106 valence electrons. The number of fused-ring (bicyclic) bond motifs is 1. The molecule has 0 N–H and O–H groups in total. The molecule has 0 radical (unpaired) electrons. The van der Waals surface area contributed by atoms with Gasteiger partial charge in [-0.05, 0) is 40.1 Å². The van der Waals surface area contributed by atoms with Crippen molar-refractivity contribution in [3.8, 4) is 0 Å². The lowest BCUT2D eigenvalue weighted by molar-refractivity contribution is 1.20. The summed E-state index contributed by atoms with van der Waals surface area (Å²) in [6, 6.07) is 18.2. The largest absolute Gasteiger partial charge is 0.0827 e. The molecule has 0 heterocycles. The summed E-state index contributed by atoms with van der Waals surface area (Å²) >= 11 is 19.5. The van der Waals surface area contributed by atoms with Crippen LogP contribution in [0.5, 0.6) is 0 Å². The van der Waals surface area contributed by atoms with Crippen LogP contribution >= 0.6 is 55.1 Å². The van der Waals surface area contributed by atoms with Crippen molar-refractivity contribution >= 4 is 65.8 Å². The van der Waals surface area contributed by atoms with Crippen LogP contribution in [0.4, 0.5) is 0 Å². The lowest BCUT2D eigenvalue weighted by atomic mass is 9.98. The molecule has 0 nitrogen and oxygen atoms in total. The topological polar surface area (TPSA) is 0 Å². The molecule has 0 saturated carbocycles. The number of hydrogen-bond donors (Lipinski definition) is 0. The van der Waals surface area contributed by atoms with Crippen molar-refractivity contribution in [3.63, 3.8) is 0 Å². The first-order valence-corrected chi connectivity index (χ1v) is 8.80. The molecule has 1 atom stereocenters. The van der Waals surface area contributed by atoms with Crippen LogP contribution in [0.3, 0.4) is 0 Å². The second-order valence-corrected chi connectivity index (χ2v) is 7.30. The third-order valence-electron chi connectivity index (χ3n) is 3.41. The Balaban J connectivity index is 2.15. The number of alkyl halides is 1. The van der Waals surface area contributed by atoms with E-state index in [0.717, 1.165) is 10.0 Å². The second kappa shape index (κ2) is 6.29. The van der Waals surface area contributed by atoms with Crippen molar-refractivity contribution in [2.45, 2.75) is 4.83 Å². The predicted molar refractivity (Wildman–Crippen MR) is 98.9 cm³/mol. The number of hydrogen-bond acceptors (Lipinski definition) is 0. The van der Waals surface area contributed by atoms with E-state index in [0.29, 0.717) is 10.0 Å². The Hall–Kier alpha value is -0.540. The van der Waals surface area contributed by atoms with Gasteiger partial charge in [0.25, 0.3) is 0 Å². The van der Waals surface area contributed by atoms with E-state index in [1.807, 2.05) is 30.3 Å². The van der Waals surface area contributed by atoms with Crippen LogP contribution in [0, 0.1) is 0 Å². The summed E-state index contributed by atoms with van der Waals surface area (Å²) in [7, 11) is 0. The lowest BCUT2D eigenvalue weighted by Gasteiger charge is -2.15. The third kappa shape index (κ3) is 3.00. The third-order valence-corrected chi connectivity index (χ3v) is 5.87. The average molecular weight is 445 g/mol. The monoisotopic (exact) mass is 442 g/mol. The average Bonchev–Trinajstić information content (AvgIpc) is 2.50. The fourth-order valence-electron chi connectivity index (χ4n) is 2.36. The zero-order valence-corrected chi connectivity index (χ0v) is 15.5. The Morgan fingerprint density at radius 1 is 0.810 bits per heavy atom. The molecule has 4 heteroatoms. The van der Waals surface area contributed by atoms with E-state index in [1.165, 1.54) is 16.3 Å². The maximum Gasteiger partial charge on any atom is 0.0651 e. The van der Waals surface area contributed by atoms with Gasteiger partial charge in [0.15, 0.2) is 0 Å². The zero-order chi connectivity index (χ0) is 15.0. The van der Waals surface area contributed by atoms with Crippen LogP contribution < -0.4 is 0 Å². The van der Waals surface area contributed by atoms with Gasteiger partial charge in [-0.2, -0.15) is 0 Å². The van der Waals surface area contributed by atoms with E-state index in [4.69, 9.17) is 23.2 Å². The molecule has 3 rings (SSSR count). The van der Waals surface area contributed by atoms with Crippen LogP contribution in [0.25, 0.3) is 10.8 Å². The van der Waals surface area contributed by atoms with Gasteiger partial charge in [0, 0.05) is 4.47 Å². The van der Waals surface area contributed by atoms with E-state index in [2.05, 4.69) is 56.1 Å². The lowest BCUT2D eigenvalue weighted by Crippen LogP contribution is -1.94. The molecule has 0 aliphatic heterocycles. The first-order valence-electron chi connectivity index (χ1n) is 6.34. The highest BCUT2D eigenvalue weighted by Crippen LogP contribution is 2.39. The van der Waals surface area contributed by atoms with Crippen molar-refractivity contribution < 1.29 is 0 Å². The molecule has 0 aliphatic carbocycles. The van der Waals surface area contributed by atoms with Gasteiger partial charge < -0.3 is 0 Å². The van der Waals surface area contributed by atoms with Crippen LogP contribution in [-0.2, 0) is 0 Å². The Morgan fingerprint density at radius 2 is 1.52 bits per heavy atom. The highest BCUT2D eigenvalue weighted by molar-refractivity contribution is 9.10. The standard InChI is InChI=1S/C17H10Br2Cl2/c18-14-7-6-13(11-3-1-2-4-12(11)14)17(19)10-5-8-15(20)16(21)9-10/h1-9,17H. The minimum Gasteiger partial charge on any atom is -0.0827 e. The summed E-state index contributed by atoms with van der Waals surface area (Å²) in [4.78, 5) is 0.0604. The molecule has 0 amide bonds. The summed E-state index contributed by atoms with van der Waals surface area (Å²) in [6.07, 6.45) is 0. The van der Waals surface area contributed by atoms with Crippen LogP contribution in [0.2, 0.25) is 10.0 Å². The van der Waals surface area contributed by atoms with Gasteiger partial charge in [0.2, 0.25) is 0 Å². The van der Waals surface area contributed by atoms with Crippen molar-refractivity contribution in [1.82, 2.24) is 0 Å². The molecule has 0 aromatic heterocycles. The van der Waals surface area contributed by atoms with Gasteiger partial charge in [0.05, 0.1) is 14.9 Å². The molecule has 0 bridgehead atoms. The fourth-order valence-corrected chi connectivity index (χ4v) is 3.82. The smallest absolute Gasteiger partial charge is 0.0651 e. The van der Waals surface area contributed by atoms with E-state index >= 15 is 0 Å². The minimum atomic E-state index is 0.0604. The molecule has 0 fully saturated rings. The molecule has 21 heavy (non-hydrogen) atoms. The Kier molecular flexibility index (Phi) is 4.60. The number of halogens is 4. The summed E-state index contributed by atoms with van der Waals surface area (Å²) in [5, 5.41) is 3.54. The zero-order valence-electron chi connectivity index (χ0n) is 10.8. The Labute approximate surface area is 150 Å². The summed E-state index contributed by atoms with van der Waals surface area (Å²) in [5.41, 5.74) is 2.28. The van der Waals surface area contributed by atoms with Crippen LogP contribution in [0.1, 0.15) is 16.0 Å². The summed E-state index contributed by atoms with van der Waals surface area (Å²) in [5.74, 6) is 0. The molecular weight excluding hydrogens is 435 g/mol. The SMILES string of the molecule is Clc1ccc(C(Br)c2ccc(Br)c3ccccc23)cc1Cl. The molecule has 1 unspecified atom stereocenters. The van der Waals surface area contributed by atoms with Crippen LogP contribution in [0.15, 0.2) is 59.1 Å². The molecule has 0 aliphatic rings. The van der Waals surface area contributed by atoms with Crippen molar-refractivity contribution in [2.75, 3.05) is 0 Å². The summed E-state index contributed by atoms with van der Waals surface area (Å²) in [6.45, 7) is 0. The molecule has 0 spiro atoms. The fraction of sp³-hybridized carbons (Fsp3) is 0.0588.